The van der Waals surface area contributed by atoms with Crippen LogP contribution in [0.25, 0.3) is 0 Å². The van der Waals surface area contributed by atoms with Crippen molar-refractivity contribution in [3.05, 3.63) is 29.3 Å². The summed E-state index contributed by atoms with van der Waals surface area (Å²) in [6.07, 6.45) is 0.743. The molecule has 1 aromatic rings. The molecule has 0 spiro atoms. The fourth-order valence-electron chi connectivity index (χ4n) is 1.41. The van der Waals surface area contributed by atoms with Gasteiger partial charge in [-0.05, 0) is 24.1 Å². The summed E-state index contributed by atoms with van der Waals surface area (Å²) in [5.74, 6) is -1.44. The van der Waals surface area contributed by atoms with E-state index < -0.39 is 5.97 Å². The zero-order chi connectivity index (χ0) is 12.8. The number of aryl methyl sites for hydroxylation is 1. The van der Waals surface area contributed by atoms with Gasteiger partial charge in [-0.2, -0.15) is 0 Å². The molecule has 2 N–H and O–H groups in total. The highest BCUT2D eigenvalue weighted by Crippen LogP contribution is 2.18. The molecule has 1 amide bonds. The molecule has 0 fully saturated rings. The minimum atomic E-state index is -1.06. The van der Waals surface area contributed by atoms with Gasteiger partial charge in [0.25, 0.3) is 0 Å². The number of nitrogens with one attached hydrogen (secondary N) is 1. The number of amides is 1. The van der Waals surface area contributed by atoms with E-state index in [9.17, 15) is 9.59 Å². The number of carbonyl (C=O) groups excluding carboxylic acids is 1. The Kier molecular flexibility index (Phi) is 4.66. The highest BCUT2D eigenvalue weighted by molar-refractivity contribution is 6.01. The molecule has 5 heteroatoms. The summed E-state index contributed by atoms with van der Waals surface area (Å²) in [7, 11) is 1.40. The van der Waals surface area contributed by atoms with Crippen molar-refractivity contribution in [1.82, 2.24) is 0 Å². The molecule has 0 saturated heterocycles. The molecular weight excluding hydrogens is 222 g/mol. The maximum atomic E-state index is 11.3. The summed E-state index contributed by atoms with van der Waals surface area (Å²) in [6, 6.07) is 4.94. The van der Waals surface area contributed by atoms with Crippen LogP contribution >= 0.6 is 0 Å². The van der Waals surface area contributed by atoms with Crippen LogP contribution in [0, 0.1) is 0 Å². The lowest BCUT2D eigenvalue weighted by molar-refractivity contribution is -0.119. The van der Waals surface area contributed by atoms with Crippen molar-refractivity contribution in [1.29, 1.82) is 0 Å². The second-order valence-corrected chi connectivity index (χ2v) is 3.52. The van der Waals surface area contributed by atoms with Crippen LogP contribution in [0.5, 0.6) is 0 Å². The molecule has 0 radical (unpaired) electrons. The topological polar surface area (TPSA) is 75.6 Å². The molecule has 1 rings (SSSR count). The van der Waals surface area contributed by atoms with Gasteiger partial charge in [0.05, 0.1) is 11.3 Å². The number of hydrogen-bond acceptors (Lipinski definition) is 3. The van der Waals surface area contributed by atoms with Gasteiger partial charge < -0.3 is 15.2 Å². The first-order valence-electron chi connectivity index (χ1n) is 5.23. The molecule has 17 heavy (non-hydrogen) atoms. The Labute approximate surface area is 99.4 Å². The average molecular weight is 237 g/mol. The van der Waals surface area contributed by atoms with E-state index in [0.717, 1.165) is 12.0 Å². The van der Waals surface area contributed by atoms with Gasteiger partial charge in [0.2, 0.25) is 5.91 Å². The van der Waals surface area contributed by atoms with Crippen LogP contribution in [0.2, 0.25) is 0 Å². The molecule has 0 saturated carbocycles. The Balaban J connectivity index is 2.98. The van der Waals surface area contributed by atoms with Crippen LogP contribution in [0.15, 0.2) is 18.2 Å². The van der Waals surface area contributed by atoms with Crippen LogP contribution in [-0.4, -0.2) is 30.7 Å². The fourth-order valence-corrected chi connectivity index (χ4v) is 1.41. The van der Waals surface area contributed by atoms with Gasteiger partial charge in [-0.3, -0.25) is 4.79 Å². The van der Waals surface area contributed by atoms with E-state index in [-0.39, 0.29) is 23.8 Å². The molecule has 0 aliphatic heterocycles. The Morgan fingerprint density at radius 3 is 2.65 bits per heavy atom. The van der Waals surface area contributed by atoms with Crippen molar-refractivity contribution < 1.29 is 19.4 Å². The summed E-state index contributed by atoms with van der Waals surface area (Å²) < 4.78 is 4.66. The number of hydrogen-bond donors (Lipinski definition) is 2. The zero-order valence-corrected chi connectivity index (χ0v) is 9.82. The van der Waals surface area contributed by atoms with Crippen LogP contribution in [-0.2, 0) is 16.0 Å². The van der Waals surface area contributed by atoms with E-state index in [1.54, 1.807) is 18.2 Å². The molecule has 1 aromatic carbocycles. The first-order chi connectivity index (χ1) is 8.08. The van der Waals surface area contributed by atoms with Crippen molar-refractivity contribution >= 4 is 17.6 Å². The smallest absolute Gasteiger partial charge is 0.337 e. The number of aromatic carboxylic acids is 1. The fraction of sp³-hybridized carbons (Fsp3) is 0.333. The van der Waals surface area contributed by atoms with Crippen molar-refractivity contribution in [2.45, 2.75) is 13.3 Å². The predicted molar refractivity (Wildman–Crippen MR) is 63.3 cm³/mol. The predicted octanol–water partition coefficient (Wildman–Crippen LogP) is 1.53. The summed E-state index contributed by atoms with van der Waals surface area (Å²) in [6.45, 7) is 1.83. The van der Waals surface area contributed by atoms with Gasteiger partial charge in [0.1, 0.15) is 6.61 Å². The molecule has 0 bridgehead atoms. The zero-order valence-electron chi connectivity index (χ0n) is 9.82. The van der Waals surface area contributed by atoms with E-state index in [1.807, 2.05) is 6.92 Å². The highest BCUT2D eigenvalue weighted by atomic mass is 16.5. The van der Waals surface area contributed by atoms with E-state index in [0.29, 0.717) is 0 Å². The lowest BCUT2D eigenvalue weighted by Crippen LogP contribution is -2.19. The van der Waals surface area contributed by atoms with Crippen molar-refractivity contribution in [3.8, 4) is 0 Å². The van der Waals surface area contributed by atoms with E-state index in [4.69, 9.17) is 5.11 Å². The normalized spacial score (nSPS) is 10.0. The van der Waals surface area contributed by atoms with Gasteiger partial charge in [-0.25, -0.2) is 4.79 Å². The van der Waals surface area contributed by atoms with Gasteiger partial charge in [-0.1, -0.05) is 13.0 Å². The standard InChI is InChI=1S/C12H15NO4/c1-3-8-4-5-10(9(6-8)12(15)16)13-11(14)7-17-2/h4-6H,3,7H2,1-2H3,(H,13,14)(H,15,16). The third-order valence-corrected chi connectivity index (χ3v) is 2.27. The number of ether oxygens (including phenoxy) is 1. The van der Waals surface area contributed by atoms with E-state index in [1.165, 1.54) is 7.11 Å². The highest BCUT2D eigenvalue weighted by Gasteiger charge is 2.12. The molecule has 0 heterocycles. The molecule has 0 unspecified atom stereocenters. The number of anilines is 1. The van der Waals surface area contributed by atoms with Crippen LogP contribution in [0.1, 0.15) is 22.8 Å². The van der Waals surface area contributed by atoms with Gasteiger partial charge >= 0.3 is 5.97 Å². The quantitative estimate of drug-likeness (QED) is 0.814. The van der Waals surface area contributed by atoms with Gasteiger partial charge in [0.15, 0.2) is 0 Å². The monoisotopic (exact) mass is 237 g/mol. The second kappa shape index (κ2) is 6.00. The lowest BCUT2D eigenvalue weighted by atomic mass is 10.1. The Hall–Kier alpha value is -1.88. The molecule has 92 valence electrons. The molecular formula is C12H15NO4. The average Bonchev–Trinajstić information content (AvgIpc) is 2.29. The molecule has 0 aliphatic carbocycles. The summed E-state index contributed by atoms with van der Waals surface area (Å²) in [5.41, 5.74) is 1.29. The summed E-state index contributed by atoms with van der Waals surface area (Å²) in [4.78, 5) is 22.4. The van der Waals surface area contributed by atoms with Gasteiger partial charge in [-0.15, -0.1) is 0 Å². The van der Waals surface area contributed by atoms with Crippen LogP contribution in [0.4, 0.5) is 5.69 Å². The number of carbonyl (C=O) groups is 2. The first-order valence-corrected chi connectivity index (χ1v) is 5.23. The Morgan fingerprint density at radius 2 is 2.12 bits per heavy atom. The van der Waals surface area contributed by atoms with Crippen LogP contribution < -0.4 is 5.32 Å². The second-order valence-electron chi connectivity index (χ2n) is 3.52. The lowest BCUT2D eigenvalue weighted by Gasteiger charge is -2.09. The van der Waals surface area contributed by atoms with Crippen molar-refractivity contribution in [2.75, 3.05) is 19.0 Å². The molecule has 0 atom stereocenters. The van der Waals surface area contributed by atoms with E-state index in [2.05, 4.69) is 10.1 Å². The summed E-state index contributed by atoms with van der Waals surface area (Å²) in [5, 5.41) is 11.5. The van der Waals surface area contributed by atoms with Crippen LogP contribution in [0.3, 0.4) is 0 Å². The molecule has 0 aromatic heterocycles. The largest absolute Gasteiger partial charge is 0.478 e. The third kappa shape index (κ3) is 3.57. The van der Waals surface area contributed by atoms with Gasteiger partial charge in [0, 0.05) is 7.11 Å². The number of carboxylic acid groups (broad SMARTS) is 1. The SMILES string of the molecule is CCc1ccc(NC(=O)COC)c(C(=O)O)c1. The Morgan fingerprint density at radius 1 is 1.41 bits per heavy atom. The maximum Gasteiger partial charge on any atom is 0.337 e. The summed E-state index contributed by atoms with van der Waals surface area (Å²) >= 11 is 0. The molecule has 5 nitrogen and oxygen atoms in total. The number of benzene rings is 1. The minimum absolute atomic E-state index is 0.0915. The maximum absolute atomic E-state index is 11.3. The molecule has 0 aliphatic rings. The number of methoxy groups -OCH3 is 1. The van der Waals surface area contributed by atoms with Crippen molar-refractivity contribution in [3.63, 3.8) is 0 Å². The van der Waals surface area contributed by atoms with Crippen molar-refractivity contribution in [2.24, 2.45) is 0 Å². The number of rotatable bonds is 5. The number of carboxylic acids is 1. The third-order valence-electron chi connectivity index (χ3n) is 2.27. The Bertz CT molecular complexity index is 429. The van der Waals surface area contributed by atoms with E-state index >= 15 is 0 Å². The first kappa shape index (κ1) is 13.2. The minimum Gasteiger partial charge on any atom is -0.478 e.